The molecule has 0 bridgehead atoms. The fourth-order valence-electron chi connectivity index (χ4n) is 4.68. The second-order valence-corrected chi connectivity index (χ2v) is 9.32. The smallest absolute Gasteiger partial charge is 0.222 e. The van der Waals surface area contributed by atoms with Crippen molar-refractivity contribution < 1.29 is 19.1 Å². The Morgan fingerprint density at radius 3 is 1.65 bits per heavy atom. The normalized spacial score (nSPS) is 17.9. The van der Waals surface area contributed by atoms with Crippen molar-refractivity contribution in [2.75, 3.05) is 40.5 Å². The first-order chi connectivity index (χ1) is 15.0. The molecule has 0 saturated carbocycles. The van der Waals surface area contributed by atoms with Gasteiger partial charge in [-0.25, -0.2) is 0 Å². The Morgan fingerprint density at radius 2 is 1.19 bits per heavy atom. The van der Waals surface area contributed by atoms with E-state index in [9.17, 15) is 5.11 Å². The quantitative estimate of drug-likeness (QED) is 0.585. The lowest BCUT2D eigenvalue weighted by Crippen LogP contribution is -2.58. The monoisotopic (exact) mass is 418 g/mol. The first kappa shape index (κ1) is 21.7. The molecule has 0 aromatic heterocycles. The van der Waals surface area contributed by atoms with E-state index in [1.807, 2.05) is 66.7 Å². The van der Waals surface area contributed by atoms with E-state index >= 15 is 0 Å². The van der Waals surface area contributed by atoms with Crippen LogP contribution in [0.5, 0.6) is 0 Å². The molecule has 0 atom stereocenters. The van der Waals surface area contributed by atoms with Gasteiger partial charge in [-0.2, -0.15) is 0 Å². The average Bonchev–Trinajstić information content (AvgIpc) is 2.81. The zero-order chi connectivity index (χ0) is 21.8. The van der Waals surface area contributed by atoms with Gasteiger partial charge in [0.05, 0.1) is 45.9 Å². The molecule has 1 aliphatic heterocycles. The van der Waals surface area contributed by atoms with Gasteiger partial charge in [-0.1, -0.05) is 91.0 Å². The maximum Gasteiger partial charge on any atom is 0.222 e. The van der Waals surface area contributed by atoms with E-state index < -0.39 is 11.2 Å². The third-order valence-corrected chi connectivity index (χ3v) is 6.02. The minimum absolute atomic E-state index is 0.0170. The summed E-state index contributed by atoms with van der Waals surface area (Å²) in [5.41, 5.74) is 2.74. The average molecular weight is 419 g/mol. The van der Waals surface area contributed by atoms with Crippen molar-refractivity contribution in [3.63, 3.8) is 0 Å². The van der Waals surface area contributed by atoms with Crippen LogP contribution in [0.1, 0.15) is 16.7 Å². The molecular formula is C27H32NO3+. The molecule has 1 aliphatic rings. The number of rotatable bonds is 7. The van der Waals surface area contributed by atoms with Crippen LogP contribution in [0.2, 0.25) is 0 Å². The van der Waals surface area contributed by atoms with Crippen LogP contribution in [-0.4, -0.2) is 50.1 Å². The Bertz CT molecular complexity index is 908. The molecule has 31 heavy (non-hydrogen) atoms. The second kappa shape index (κ2) is 8.93. The predicted octanol–water partition coefficient (Wildman–Crippen LogP) is 4.19. The Hall–Kier alpha value is -2.50. The van der Waals surface area contributed by atoms with Crippen LogP contribution in [0.15, 0.2) is 91.0 Å². The first-order valence-corrected chi connectivity index (χ1v) is 10.8. The molecule has 0 radical (unpaired) electrons. The van der Waals surface area contributed by atoms with Gasteiger partial charge in [-0.15, -0.1) is 0 Å². The summed E-state index contributed by atoms with van der Waals surface area (Å²) in [5, 5.41) is 10.4. The van der Waals surface area contributed by atoms with Gasteiger partial charge in [0.15, 0.2) is 0 Å². The molecule has 1 saturated heterocycles. The molecule has 0 amide bonds. The Balaban J connectivity index is 1.57. The highest BCUT2D eigenvalue weighted by molar-refractivity contribution is 5.34. The molecule has 3 aromatic rings. The molecule has 4 heteroatoms. The van der Waals surface area contributed by atoms with Gasteiger partial charge in [0.25, 0.3) is 0 Å². The van der Waals surface area contributed by atoms with Crippen LogP contribution in [0.25, 0.3) is 0 Å². The van der Waals surface area contributed by atoms with Gasteiger partial charge in [0.1, 0.15) is 6.54 Å². The number of hydrogen-bond acceptors (Lipinski definition) is 3. The van der Waals surface area contributed by atoms with Crippen LogP contribution in [0, 0.1) is 5.41 Å². The fourth-order valence-corrected chi connectivity index (χ4v) is 4.68. The largest absolute Gasteiger partial charge is 0.395 e. The summed E-state index contributed by atoms with van der Waals surface area (Å²) >= 11 is 0. The lowest BCUT2D eigenvalue weighted by molar-refractivity contribution is -0.911. The first-order valence-electron chi connectivity index (χ1n) is 10.8. The fraction of sp³-hybridized carbons (Fsp3) is 0.333. The number of aliphatic hydroxyl groups is 1. The van der Waals surface area contributed by atoms with Crippen LogP contribution >= 0.6 is 0 Å². The Kier molecular flexibility index (Phi) is 6.26. The van der Waals surface area contributed by atoms with E-state index in [0.29, 0.717) is 13.2 Å². The summed E-state index contributed by atoms with van der Waals surface area (Å²) in [4.78, 5) is 0. The van der Waals surface area contributed by atoms with Crippen molar-refractivity contribution in [1.29, 1.82) is 0 Å². The Labute approximate surface area is 185 Å². The molecular weight excluding hydrogens is 386 g/mol. The summed E-state index contributed by atoms with van der Waals surface area (Å²) < 4.78 is 13.8. The molecule has 0 unspecified atom stereocenters. The number of nitrogens with zero attached hydrogens (tertiary/aromatic N) is 1. The van der Waals surface area contributed by atoms with E-state index in [0.717, 1.165) is 28.7 Å². The van der Waals surface area contributed by atoms with Crippen molar-refractivity contribution in [2.24, 2.45) is 5.41 Å². The lowest BCUT2D eigenvalue weighted by Gasteiger charge is -2.48. The molecule has 1 fully saturated rings. The van der Waals surface area contributed by atoms with Gasteiger partial charge >= 0.3 is 0 Å². The van der Waals surface area contributed by atoms with Crippen molar-refractivity contribution in [3.05, 3.63) is 108 Å². The zero-order valence-electron chi connectivity index (χ0n) is 18.4. The molecule has 162 valence electrons. The zero-order valence-corrected chi connectivity index (χ0v) is 18.4. The predicted molar refractivity (Wildman–Crippen MR) is 122 cm³/mol. The number of benzene rings is 3. The van der Waals surface area contributed by atoms with Gasteiger partial charge in [0, 0.05) is 16.7 Å². The van der Waals surface area contributed by atoms with Crippen molar-refractivity contribution in [2.45, 2.75) is 12.3 Å². The van der Waals surface area contributed by atoms with E-state index in [-0.39, 0.29) is 6.61 Å². The highest BCUT2D eigenvalue weighted by atomic mass is 16.7. The van der Waals surface area contributed by atoms with E-state index in [1.165, 1.54) is 5.56 Å². The van der Waals surface area contributed by atoms with Gasteiger partial charge in [-0.05, 0) is 0 Å². The molecule has 1 heterocycles. The lowest BCUT2D eigenvalue weighted by atomic mass is 9.86. The summed E-state index contributed by atoms with van der Waals surface area (Å²) in [6.07, 6.45) is 0. The standard InChI is InChI=1S/C27H32NO3/c1-28(2,18-23-12-6-3-7-13-23)19-26(20-29)21-30-27(31-22-26,24-14-8-4-9-15-24)25-16-10-5-11-17-25/h3-17,29H,18-22H2,1-2H3/q+1. The molecule has 4 rings (SSSR count). The third kappa shape index (κ3) is 4.73. The summed E-state index contributed by atoms with van der Waals surface area (Å²) in [6, 6.07) is 30.6. The van der Waals surface area contributed by atoms with Gasteiger partial charge in [0.2, 0.25) is 5.79 Å². The molecule has 3 aromatic carbocycles. The third-order valence-electron chi connectivity index (χ3n) is 6.02. The topological polar surface area (TPSA) is 38.7 Å². The van der Waals surface area contributed by atoms with Gasteiger partial charge in [-0.3, -0.25) is 0 Å². The van der Waals surface area contributed by atoms with Crippen LogP contribution in [0.3, 0.4) is 0 Å². The SMILES string of the molecule is C[N+](C)(Cc1ccccc1)CC1(CO)COC(c2ccccc2)(c2ccccc2)OC1. The summed E-state index contributed by atoms with van der Waals surface area (Å²) in [5.74, 6) is -0.961. The number of ether oxygens (including phenoxy) is 2. The van der Waals surface area contributed by atoms with Crippen LogP contribution in [0.4, 0.5) is 0 Å². The second-order valence-electron chi connectivity index (χ2n) is 9.32. The molecule has 4 nitrogen and oxygen atoms in total. The van der Waals surface area contributed by atoms with Crippen molar-refractivity contribution >= 4 is 0 Å². The maximum absolute atomic E-state index is 10.4. The van der Waals surface area contributed by atoms with Crippen molar-refractivity contribution in [1.82, 2.24) is 0 Å². The number of hydrogen-bond donors (Lipinski definition) is 1. The Morgan fingerprint density at radius 1 is 0.742 bits per heavy atom. The minimum Gasteiger partial charge on any atom is -0.395 e. The minimum atomic E-state index is -0.961. The van der Waals surface area contributed by atoms with E-state index in [1.54, 1.807) is 0 Å². The maximum atomic E-state index is 10.4. The molecule has 0 spiro atoms. The highest BCUT2D eigenvalue weighted by Gasteiger charge is 2.49. The number of aliphatic hydroxyl groups excluding tert-OH is 1. The van der Waals surface area contributed by atoms with Crippen molar-refractivity contribution in [3.8, 4) is 0 Å². The van der Waals surface area contributed by atoms with Crippen LogP contribution in [-0.2, 0) is 21.8 Å². The van der Waals surface area contributed by atoms with E-state index in [4.69, 9.17) is 9.47 Å². The van der Waals surface area contributed by atoms with Crippen LogP contribution < -0.4 is 0 Å². The summed E-state index contributed by atoms with van der Waals surface area (Å²) in [7, 11) is 4.39. The van der Waals surface area contributed by atoms with E-state index in [2.05, 4.69) is 38.4 Å². The van der Waals surface area contributed by atoms with Gasteiger partial charge < -0.3 is 19.1 Å². The highest BCUT2D eigenvalue weighted by Crippen LogP contribution is 2.42. The molecule has 0 aliphatic carbocycles. The summed E-state index contributed by atoms with van der Waals surface area (Å²) in [6.45, 7) is 2.49. The molecule has 1 N–H and O–H groups in total. The number of quaternary nitrogens is 1.